The summed E-state index contributed by atoms with van der Waals surface area (Å²) in [6.45, 7) is 1.61. The van der Waals surface area contributed by atoms with E-state index in [0.717, 1.165) is 0 Å². The van der Waals surface area contributed by atoms with Crippen LogP contribution in [-0.2, 0) is 4.74 Å². The normalized spacial score (nSPS) is 10.8. The number of anilines is 1. The number of aromatic amines is 1. The minimum Gasteiger partial charge on any atom is -0.378 e. The van der Waals surface area contributed by atoms with E-state index in [2.05, 4.69) is 15.3 Å². The molecule has 1 aromatic carbocycles. The summed E-state index contributed by atoms with van der Waals surface area (Å²) in [6, 6.07) is 4.49. The number of hydrogen-bond acceptors (Lipinski definition) is 5. The van der Waals surface area contributed by atoms with E-state index in [1.807, 2.05) is 0 Å². The molecular weight excluding hydrogens is 272 g/mol. The summed E-state index contributed by atoms with van der Waals surface area (Å²) in [7, 11) is 0. The first-order valence-electron chi connectivity index (χ1n) is 5.72. The molecule has 0 aliphatic rings. The van der Waals surface area contributed by atoms with Crippen molar-refractivity contribution in [1.29, 1.82) is 0 Å². The second-order valence-electron chi connectivity index (χ2n) is 3.77. The van der Waals surface area contributed by atoms with Crippen LogP contribution in [0.5, 0.6) is 0 Å². The van der Waals surface area contributed by atoms with Gasteiger partial charge < -0.3 is 15.0 Å². The smallest absolute Gasteiger partial charge is 0.271 e. The molecule has 1 heterocycles. The summed E-state index contributed by atoms with van der Waals surface area (Å²) in [6.07, 6.45) is 0. The maximum Gasteiger partial charge on any atom is 0.271 e. The van der Waals surface area contributed by atoms with Gasteiger partial charge in [0.05, 0.1) is 29.2 Å². The van der Waals surface area contributed by atoms with Crippen molar-refractivity contribution in [2.24, 2.45) is 0 Å². The number of nitro groups is 1. The molecule has 0 radical (unpaired) electrons. The summed E-state index contributed by atoms with van der Waals surface area (Å²) >= 11 is 5.47. The average Bonchev–Trinajstić information content (AvgIpc) is 2.80. The van der Waals surface area contributed by atoms with Crippen molar-refractivity contribution in [2.75, 3.05) is 31.0 Å². The molecule has 19 heavy (non-hydrogen) atoms. The van der Waals surface area contributed by atoms with Gasteiger partial charge in [-0.2, -0.15) is 0 Å². The van der Waals surface area contributed by atoms with Gasteiger partial charge in [-0.1, -0.05) is 0 Å². The van der Waals surface area contributed by atoms with Crippen molar-refractivity contribution >= 4 is 34.3 Å². The largest absolute Gasteiger partial charge is 0.378 e. The van der Waals surface area contributed by atoms with Crippen LogP contribution in [0.2, 0.25) is 0 Å². The van der Waals surface area contributed by atoms with Gasteiger partial charge in [0.1, 0.15) is 0 Å². The average molecular weight is 285 g/mol. The maximum atomic E-state index is 10.7. The van der Waals surface area contributed by atoms with Crippen molar-refractivity contribution in [1.82, 2.24) is 9.97 Å². The molecule has 0 amide bonds. The molecule has 0 saturated carbocycles. The number of nitro benzene ring substituents is 1. The Morgan fingerprint density at radius 1 is 1.47 bits per heavy atom. The lowest BCUT2D eigenvalue weighted by molar-refractivity contribution is -0.384. The first kappa shape index (κ1) is 13.6. The molecule has 0 unspecified atom stereocenters. The van der Waals surface area contributed by atoms with Crippen LogP contribution in [-0.4, -0.2) is 40.5 Å². The number of alkyl halides is 1. The molecule has 2 N–H and O–H groups in total. The number of rotatable bonds is 7. The van der Waals surface area contributed by atoms with Gasteiger partial charge in [0.15, 0.2) is 0 Å². The fourth-order valence-electron chi connectivity index (χ4n) is 1.59. The first-order valence-corrected chi connectivity index (χ1v) is 6.26. The van der Waals surface area contributed by atoms with E-state index in [0.29, 0.717) is 42.6 Å². The van der Waals surface area contributed by atoms with Crippen molar-refractivity contribution in [3.8, 4) is 0 Å². The minimum absolute atomic E-state index is 0.0353. The van der Waals surface area contributed by atoms with E-state index in [1.54, 1.807) is 6.07 Å². The lowest BCUT2D eigenvalue weighted by atomic mass is 10.3. The van der Waals surface area contributed by atoms with E-state index in [-0.39, 0.29) is 5.69 Å². The number of hydrogen-bond donors (Lipinski definition) is 2. The third-order valence-corrected chi connectivity index (χ3v) is 2.59. The predicted octanol–water partition coefficient (Wildman–Crippen LogP) is 2.14. The Morgan fingerprint density at radius 3 is 3.05 bits per heavy atom. The standard InChI is InChI=1S/C11H13ClN4O3/c12-3-5-19-6-4-13-11-14-9-2-1-8(16(17)18)7-10(9)15-11/h1-2,7H,3-6H2,(H2,13,14,15). The van der Waals surface area contributed by atoms with E-state index in [4.69, 9.17) is 16.3 Å². The highest BCUT2D eigenvalue weighted by Gasteiger charge is 2.09. The third-order valence-electron chi connectivity index (χ3n) is 2.44. The molecular formula is C11H13ClN4O3. The number of halogens is 1. The lowest BCUT2D eigenvalue weighted by Gasteiger charge is -2.02. The Balaban J connectivity index is 1.99. The van der Waals surface area contributed by atoms with Crippen LogP contribution in [0.4, 0.5) is 11.6 Å². The minimum atomic E-state index is -0.437. The van der Waals surface area contributed by atoms with Crippen LogP contribution < -0.4 is 5.32 Å². The number of fused-ring (bicyclic) bond motifs is 1. The molecule has 2 rings (SSSR count). The maximum absolute atomic E-state index is 10.7. The van der Waals surface area contributed by atoms with Gasteiger partial charge in [-0.15, -0.1) is 11.6 Å². The SMILES string of the molecule is O=[N+]([O-])c1ccc2nc(NCCOCCCl)[nH]c2c1. The molecule has 8 heteroatoms. The Hall–Kier alpha value is -1.86. The van der Waals surface area contributed by atoms with E-state index in [1.165, 1.54) is 12.1 Å². The summed E-state index contributed by atoms with van der Waals surface area (Å²) in [5.41, 5.74) is 1.33. The summed E-state index contributed by atoms with van der Waals surface area (Å²) in [5.74, 6) is 1.03. The van der Waals surface area contributed by atoms with Gasteiger partial charge in [0.25, 0.3) is 5.69 Å². The third kappa shape index (κ3) is 3.55. The molecule has 0 aliphatic carbocycles. The number of aromatic nitrogens is 2. The Labute approximate surface area is 114 Å². The topological polar surface area (TPSA) is 93.1 Å². The number of non-ortho nitro benzene ring substituents is 1. The zero-order valence-electron chi connectivity index (χ0n) is 10.1. The quantitative estimate of drug-likeness (QED) is 0.352. The number of H-pyrrole nitrogens is 1. The molecule has 102 valence electrons. The highest BCUT2D eigenvalue weighted by Crippen LogP contribution is 2.20. The van der Waals surface area contributed by atoms with Crippen molar-refractivity contribution in [2.45, 2.75) is 0 Å². The molecule has 0 atom stereocenters. The zero-order chi connectivity index (χ0) is 13.7. The monoisotopic (exact) mass is 284 g/mol. The highest BCUT2D eigenvalue weighted by molar-refractivity contribution is 6.17. The highest BCUT2D eigenvalue weighted by atomic mass is 35.5. The number of nitrogens with one attached hydrogen (secondary N) is 2. The first-order chi connectivity index (χ1) is 9.20. The molecule has 2 aromatic rings. The van der Waals surface area contributed by atoms with Crippen molar-refractivity contribution < 1.29 is 9.66 Å². The zero-order valence-corrected chi connectivity index (χ0v) is 10.8. The van der Waals surface area contributed by atoms with Crippen LogP contribution in [0, 0.1) is 10.1 Å². The van der Waals surface area contributed by atoms with Gasteiger partial charge in [-0.25, -0.2) is 4.98 Å². The van der Waals surface area contributed by atoms with Gasteiger partial charge in [-0.05, 0) is 6.07 Å². The van der Waals surface area contributed by atoms with Gasteiger partial charge >= 0.3 is 0 Å². The van der Waals surface area contributed by atoms with E-state index >= 15 is 0 Å². The summed E-state index contributed by atoms with van der Waals surface area (Å²) < 4.78 is 5.20. The van der Waals surface area contributed by atoms with E-state index < -0.39 is 4.92 Å². The van der Waals surface area contributed by atoms with Crippen LogP contribution in [0.1, 0.15) is 0 Å². The van der Waals surface area contributed by atoms with Crippen LogP contribution in [0.3, 0.4) is 0 Å². The van der Waals surface area contributed by atoms with Crippen LogP contribution >= 0.6 is 11.6 Å². The molecule has 0 aliphatic heterocycles. The van der Waals surface area contributed by atoms with Gasteiger partial charge in [0.2, 0.25) is 5.95 Å². The fraction of sp³-hybridized carbons (Fsp3) is 0.364. The number of benzene rings is 1. The number of imidazole rings is 1. The Kier molecular flexibility index (Phi) is 4.53. The molecule has 7 nitrogen and oxygen atoms in total. The second kappa shape index (κ2) is 6.35. The Bertz CT molecular complexity index is 572. The van der Waals surface area contributed by atoms with Gasteiger partial charge in [-0.3, -0.25) is 10.1 Å². The number of ether oxygens (including phenoxy) is 1. The summed E-state index contributed by atoms with van der Waals surface area (Å²) in [5, 5.41) is 13.7. The molecule has 0 spiro atoms. The molecule has 0 fully saturated rings. The van der Waals surface area contributed by atoms with Crippen molar-refractivity contribution in [3.05, 3.63) is 28.3 Å². The van der Waals surface area contributed by atoms with Crippen molar-refractivity contribution in [3.63, 3.8) is 0 Å². The van der Waals surface area contributed by atoms with Gasteiger partial charge in [0, 0.05) is 24.6 Å². The predicted molar refractivity (Wildman–Crippen MR) is 72.8 cm³/mol. The molecule has 0 saturated heterocycles. The fourth-order valence-corrected chi connectivity index (χ4v) is 1.70. The van der Waals surface area contributed by atoms with Crippen LogP contribution in [0.15, 0.2) is 18.2 Å². The molecule has 0 bridgehead atoms. The lowest BCUT2D eigenvalue weighted by Crippen LogP contribution is -2.11. The Morgan fingerprint density at radius 2 is 2.32 bits per heavy atom. The second-order valence-corrected chi connectivity index (χ2v) is 4.15. The molecule has 1 aromatic heterocycles. The van der Waals surface area contributed by atoms with Crippen LogP contribution in [0.25, 0.3) is 11.0 Å². The van der Waals surface area contributed by atoms with E-state index in [9.17, 15) is 10.1 Å². The number of nitrogens with zero attached hydrogens (tertiary/aromatic N) is 2. The summed E-state index contributed by atoms with van der Waals surface area (Å²) in [4.78, 5) is 17.4.